The molecule has 19 heavy (non-hydrogen) atoms. The molecule has 1 aromatic rings. The molecule has 0 radical (unpaired) electrons. The molecule has 0 aromatic heterocycles. The van der Waals surface area contributed by atoms with E-state index in [4.69, 9.17) is 27.9 Å². The van der Waals surface area contributed by atoms with Gasteiger partial charge in [0.25, 0.3) is 0 Å². The van der Waals surface area contributed by atoms with Gasteiger partial charge in [0.2, 0.25) is 0 Å². The van der Waals surface area contributed by atoms with Gasteiger partial charge in [0, 0.05) is 19.4 Å². The molecule has 4 heteroatoms. The number of hydrogen-bond donors (Lipinski definition) is 1. The molecule has 1 aliphatic rings. The van der Waals surface area contributed by atoms with E-state index in [9.17, 15) is 5.11 Å². The lowest BCUT2D eigenvalue weighted by Gasteiger charge is -2.38. The lowest BCUT2D eigenvalue weighted by atomic mass is 9.82. The third-order valence-electron chi connectivity index (χ3n) is 3.74. The average molecular weight is 303 g/mol. The van der Waals surface area contributed by atoms with E-state index in [2.05, 4.69) is 13.8 Å². The molecule has 1 aromatic carbocycles. The van der Waals surface area contributed by atoms with E-state index in [0.717, 1.165) is 5.56 Å². The Labute approximate surface area is 124 Å². The first kappa shape index (κ1) is 15.1. The van der Waals surface area contributed by atoms with E-state index in [-0.39, 0.29) is 6.10 Å². The molecule has 0 saturated carbocycles. The van der Waals surface area contributed by atoms with Crippen molar-refractivity contribution in [1.82, 2.24) is 0 Å². The van der Waals surface area contributed by atoms with Gasteiger partial charge in [0.1, 0.15) is 0 Å². The highest BCUT2D eigenvalue weighted by Crippen LogP contribution is 2.32. The Morgan fingerprint density at radius 2 is 2.11 bits per heavy atom. The molecule has 106 valence electrons. The molecule has 1 heterocycles. The molecule has 2 rings (SSSR count). The first-order valence-corrected chi connectivity index (χ1v) is 7.43. The molecule has 0 aliphatic carbocycles. The van der Waals surface area contributed by atoms with Crippen molar-refractivity contribution in [2.24, 2.45) is 5.92 Å². The summed E-state index contributed by atoms with van der Waals surface area (Å²) in [6, 6.07) is 5.54. The second kappa shape index (κ2) is 6.01. The van der Waals surface area contributed by atoms with Crippen LogP contribution in [0.5, 0.6) is 0 Å². The number of hydrogen-bond acceptors (Lipinski definition) is 2. The van der Waals surface area contributed by atoms with Crippen LogP contribution >= 0.6 is 23.2 Å². The van der Waals surface area contributed by atoms with E-state index in [1.807, 2.05) is 12.1 Å². The monoisotopic (exact) mass is 302 g/mol. The maximum absolute atomic E-state index is 10.7. The zero-order valence-electron chi connectivity index (χ0n) is 11.3. The number of ether oxygens (including phenoxy) is 1. The molecule has 2 unspecified atom stereocenters. The van der Waals surface area contributed by atoms with Gasteiger partial charge >= 0.3 is 0 Å². The highest BCUT2D eigenvalue weighted by atomic mass is 35.5. The number of benzene rings is 1. The summed E-state index contributed by atoms with van der Waals surface area (Å²) >= 11 is 11.9. The van der Waals surface area contributed by atoms with Crippen LogP contribution in [0, 0.1) is 5.92 Å². The Balaban J connectivity index is 2.09. The largest absolute Gasteiger partial charge is 0.389 e. The zero-order chi connectivity index (χ0) is 14.0. The van der Waals surface area contributed by atoms with Crippen molar-refractivity contribution in [2.75, 3.05) is 6.61 Å². The van der Waals surface area contributed by atoms with Gasteiger partial charge in [-0.3, -0.25) is 0 Å². The van der Waals surface area contributed by atoms with Crippen molar-refractivity contribution in [1.29, 1.82) is 0 Å². The van der Waals surface area contributed by atoms with Crippen LogP contribution in [0.15, 0.2) is 18.2 Å². The quantitative estimate of drug-likeness (QED) is 0.911. The van der Waals surface area contributed by atoms with Gasteiger partial charge in [-0.1, -0.05) is 43.1 Å². The van der Waals surface area contributed by atoms with Crippen molar-refractivity contribution in [3.63, 3.8) is 0 Å². The molecule has 2 nitrogen and oxygen atoms in total. The van der Waals surface area contributed by atoms with Gasteiger partial charge in [0.05, 0.1) is 21.8 Å². The second-order valence-corrected chi connectivity index (χ2v) is 6.57. The molecule has 1 fully saturated rings. The Bertz CT molecular complexity index is 448. The Morgan fingerprint density at radius 3 is 2.74 bits per heavy atom. The first-order chi connectivity index (χ1) is 8.89. The summed E-state index contributed by atoms with van der Waals surface area (Å²) in [6.45, 7) is 4.85. The van der Waals surface area contributed by atoms with E-state index in [0.29, 0.717) is 41.8 Å². The van der Waals surface area contributed by atoms with Crippen LogP contribution in [0.2, 0.25) is 10.0 Å². The van der Waals surface area contributed by atoms with Crippen molar-refractivity contribution in [2.45, 2.75) is 44.8 Å². The normalized spacial score (nSPS) is 27.8. The maximum atomic E-state index is 10.7. The van der Waals surface area contributed by atoms with Gasteiger partial charge < -0.3 is 9.84 Å². The summed E-state index contributed by atoms with van der Waals surface area (Å²) in [5, 5.41) is 11.8. The predicted molar refractivity (Wildman–Crippen MR) is 78.9 cm³/mol. The molecular formula is C15H20Cl2O2. The lowest BCUT2D eigenvalue weighted by Crippen LogP contribution is -2.44. The molecule has 0 spiro atoms. The van der Waals surface area contributed by atoms with Crippen LogP contribution in [-0.4, -0.2) is 23.4 Å². The van der Waals surface area contributed by atoms with Crippen LogP contribution in [0.3, 0.4) is 0 Å². The van der Waals surface area contributed by atoms with Crippen molar-refractivity contribution >= 4 is 23.2 Å². The molecule has 2 atom stereocenters. The number of aliphatic hydroxyl groups is 1. The van der Waals surface area contributed by atoms with E-state index < -0.39 is 5.60 Å². The Morgan fingerprint density at radius 1 is 1.37 bits per heavy atom. The smallest absolute Gasteiger partial charge is 0.0734 e. The van der Waals surface area contributed by atoms with Crippen LogP contribution in [0.4, 0.5) is 0 Å². The first-order valence-electron chi connectivity index (χ1n) is 6.67. The molecule has 0 bridgehead atoms. The number of rotatable bonds is 3. The van der Waals surface area contributed by atoms with Crippen molar-refractivity contribution in [3.8, 4) is 0 Å². The Hall–Kier alpha value is -0.280. The second-order valence-electron chi connectivity index (χ2n) is 5.76. The topological polar surface area (TPSA) is 29.5 Å². The predicted octanol–water partition coefficient (Wildman–Crippen LogP) is 4.10. The minimum atomic E-state index is -0.704. The van der Waals surface area contributed by atoms with Crippen LogP contribution < -0.4 is 0 Å². The van der Waals surface area contributed by atoms with Crippen molar-refractivity contribution < 1.29 is 9.84 Å². The van der Waals surface area contributed by atoms with E-state index in [1.165, 1.54) is 0 Å². The Kier molecular flexibility index (Phi) is 4.78. The fourth-order valence-electron chi connectivity index (χ4n) is 2.55. The minimum absolute atomic E-state index is 0.126. The fraction of sp³-hybridized carbons (Fsp3) is 0.600. The van der Waals surface area contributed by atoms with Gasteiger partial charge in [-0.15, -0.1) is 0 Å². The minimum Gasteiger partial charge on any atom is -0.389 e. The van der Waals surface area contributed by atoms with Crippen LogP contribution in [0.1, 0.15) is 32.3 Å². The standard InChI is InChI=1S/C15H20Cl2O2/c1-10(2)14-9-15(18,5-6-19-14)8-11-3-4-12(16)13(17)7-11/h3-4,7,10,14,18H,5-6,8-9H2,1-2H3. The maximum Gasteiger partial charge on any atom is 0.0734 e. The molecule has 0 amide bonds. The average Bonchev–Trinajstić information content (AvgIpc) is 2.33. The van der Waals surface area contributed by atoms with Gasteiger partial charge in [-0.2, -0.15) is 0 Å². The molecule has 1 saturated heterocycles. The SMILES string of the molecule is CC(C)C1CC(O)(Cc2ccc(Cl)c(Cl)c2)CCO1. The van der Waals surface area contributed by atoms with E-state index in [1.54, 1.807) is 6.07 Å². The summed E-state index contributed by atoms with van der Waals surface area (Å²) in [4.78, 5) is 0. The molecule has 1 N–H and O–H groups in total. The summed E-state index contributed by atoms with van der Waals surface area (Å²) in [5.41, 5.74) is 0.311. The van der Waals surface area contributed by atoms with Gasteiger partial charge in [-0.05, 0) is 30.0 Å². The zero-order valence-corrected chi connectivity index (χ0v) is 12.8. The summed E-state index contributed by atoms with van der Waals surface area (Å²) in [7, 11) is 0. The lowest BCUT2D eigenvalue weighted by molar-refractivity contribution is -0.116. The van der Waals surface area contributed by atoms with E-state index >= 15 is 0 Å². The van der Waals surface area contributed by atoms with Gasteiger partial charge in [-0.25, -0.2) is 0 Å². The third kappa shape index (κ3) is 3.85. The summed E-state index contributed by atoms with van der Waals surface area (Å²) in [5.74, 6) is 0.417. The molecule has 1 aliphatic heterocycles. The fourth-order valence-corrected chi connectivity index (χ4v) is 2.87. The van der Waals surface area contributed by atoms with Crippen molar-refractivity contribution in [3.05, 3.63) is 33.8 Å². The third-order valence-corrected chi connectivity index (χ3v) is 4.48. The molecular weight excluding hydrogens is 283 g/mol. The highest BCUT2D eigenvalue weighted by molar-refractivity contribution is 6.42. The highest BCUT2D eigenvalue weighted by Gasteiger charge is 2.36. The van der Waals surface area contributed by atoms with Crippen LogP contribution in [-0.2, 0) is 11.2 Å². The summed E-state index contributed by atoms with van der Waals surface area (Å²) < 4.78 is 5.71. The summed E-state index contributed by atoms with van der Waals surface area (Å²) in [6.07, 6.45) is 2.05. The number of halogens is 2. The van der Waals surface area contributed by atoms with Gasteiger partial charge in [0.15, 0.2) is 0 Å². The van der Waals surface area contributed by atoms with Crippen LogP contribution in [0.25, 0.3) is 0 Å².